The van der Waals surface area contributed by atoms with Crippen molar-refractivity contribution < 1.29 is 18.7 Å². The first kappa shape index (κ1) is 22.0. The molecule has 1 aliphatic heterocycles. The molecule has 3 N–H and O–H groups in total. The van der Waals surface area contributed by atoms with Gasteiger partial charge in [-0.25, -0.2) is 14.0 Å². The Labute approximate surface area is 172 Å². The number of amides is 4. The molecule has 28 heavy (non-hydrogen) atoms. The van der Waals surface area contributed by atoms with E-state index in [2.05, 4.69) is 31.9 Å². The average molecular weight is 457 g/mol. The molecular formula is C19H26BrFN4O3. The van der Waals surface area contributed by atoms with E-state index >= 15 is 0 Å². The van der Waals surface area contributed by atoms with Crippen LogP contribution < -0.4 is 16.0 Å². The molecule has 154 valence electrons. The van der Waals surface area contributed by atoms with Crippen LogP contribution in [0.2, 0.25) is 0 Å². The molecule has 0 spiro atoms. The summed E-state index contributed by atoms with van der Waals surface area (Å²) in [6.45, 7) is 7.76. The molecule has 1 aromatic rings. The van der Waals surface area contributed by atoms with Gasteiger partial charge in [-0.05, 0) is 52.0 Å². The standard InChI is InChI=1S/C19H26BrFN4O3/c1-4-22-18(26)23-8-14-7-15(21)6-5-13(14)11-28-17-16(20)10-25(9-12(2)3)19(27)24-17/h5-7,12H,4,8-11H2,1-3H3,(H,24,27)(H2,22,23,26). The molecule has 0 aliphatic carbocycles. The van der Waals surface area contributed by atoms with E-state index in [4.69, 9.17) is 4.74 Å². The third-order valence-corrected chi connectivity index (χ3v) is 4.60. The number of urea groups is 2. The normalized spacial score (nSPS) is 14.2. The second-order valence-corrected chi connectivity index (χ2v) is 7.81. The molecule has 0 unspecified atom stereocenters. The largest absolute Gasteiger partial charge is 0.473 e. The van der Waals surface area contributed by atoms with Crippen LogP contribution in [0.4, 0.5) is 14.0 Å². The Morgan fingerprint density at radius 1 is 1.36 bits per heavy atom. The Morgan fingerprint density at radius 2 is 2.11 bits per heavy atom. The quantitative estimate of drug-likeness (QED) is 0.560. The molecule has 0 radical (unpaired) electrons. The van der Waals surface area contributed by atoms with Crippen LogP contribution in [0, 0.1) is 11.7 Å². The van der Waals surface area contributed by atoms with Crippen molar-refractivity contribution in [2.24, 2.45) is 5.92 Å². The fourth-order valence-electron chi connectivity index (χ4n) is 2.71. The first-order chi connectivity index (χ1) is 13.3. The van der Waals surface area contributed by atoms with Crippen LogP contribution in [0.5, 0.6) is 0 Å². The van der Waals surface area contributed by atoms with E-state index in [0.29, 0.717) is 42.6 Å². The maximum absolute atomic E-state index is 13.6. The molecule has 0 saturated heterocycles. The first-order valence-electron chi connectivity index (χ1n) is 9.16. The highest BCUT2D eigenvalue weighted by Crippen LogP contribution is 2.21. The van der Waals surface area contributed by atoms with Gasteiger partial charge >= 0.3 is 12.1 Å². The zero-order valence-corrected chi connectivity index (χ0v) is 17.9. The fraction of sp³-hybridized carbons (Fsp3) is 0.474. The lowest BCUT2D eigenvalue weighted by Crippen LogP contribution is -2.46. The predicted octanol–water partition coefficient (Wildman–Crippen LogP) is 3.41. The van der Waals surface area contributed by atoms with E-state index in [1.165, 1.54) is 12.1 Å². The lowest BCUT2D eigenvalue weighted by atomic mass is 10.1. The van der Waals surface area contributed by atoms with Gasteiger partial charge in [0.05, 0.1) is 11.0 Å². The van der Waals surface area contributed by atoms with E-state index in [9.17, 15) is 14.0 Å². The number of carbonyl (C=O) groups excluding carboxylic acids is 2. The maximum Gasteiger partial charge on any atom is 0.324 e. The topological polar surface area (TPSA) is 82.7 Å². The van der Waals surface area contributed by atoms with Gasteiger partial charge in [-0.3, -0.25) is 5.32 Å². The monoisotopic (exact) mass is 456 g/mol. The molecular weight excluding hydrogens is 431 g/mol. The van der Waals surface area contributed by atoms with Crippen molar-refractivity contribution in [3.05, 3.63) is 45.5 Å². The molecule has 9 heteroatoms. The van der Waals surface area contributed by atoms with Gasteiger partial charge in [0, 0.05) is 19.6 Å². The second-order valence-electron chi connectivity index (χ2n) is 6.85. The minimum atomic E-state index is -0.396. The number of halogens is 2. The van der Waals surface area contributed by atoms with Crippen LogP contribution in [0.15, 0.2) is 28.6 Å². The first-order valence-corrected chi connectivity index (χ1v) is 9.95. The van der Waals surface area contributed by atoms with E-state index < -0.39 is 5.82 Å². The fourth-order valence-corrected chi connectivity index (χ4v) is 3.22. The second kappa shape index (κ2) is 10.3. The van der Waals surface area contributed by atoms with Gasteiger partial charge in [0.25, 0.3) is 0 Å². The predicted molar refractivity (Wildman–Crippen MR) is 108 cm³/mol. The Bertz CT molecular complexity index is 755. The summed E-state index contributed by atoms with van der Waals surface area (Å²) in [4.78, 5) is 25.5. The zero-order valence-electron chi connectivity index (χ0n) is 16.3. The summed E-state index contributed by atoms with van der Waals surface area (Å²) < 4.78 is 20.1. The summed E-state index contributed by atoms with van der Waals surface area (Å²) in [5.41, 5.74) is 1.32. The van der Waals surface area contributed by atoms with Crippen LogP contribution in [-0.2, 0) is 17.9 Å². The number of carbonyl (C=O) groups is 2. The van der Waals surface area contributed by atoms with Gasteiger partial charge in [0.1, 0.15) is 12.4 Å². The maximum atomic E-state index is 13.6. The molecule has 0 fully saturated rings. The number of benzene rings is 1. The van der Waals surface area contributed by atoms with Crippen molar-refractivity contribution in [2.75, 3.05) is 19.6 Å². The minimum Gasteiger partial charge on any atom is -0.473 e. The van der Waals surface area contributed by atoms with Crippen molar-refractivity contribution in [2.45, 2.75) is 33.9 Å². The third kappa shape index (κ3) is 6.40. The Balaban J connectivity index is 2.03. The molecule has 0 saturated carbocycles. The molecule has 7 nitrogen and oxygen atoms in total. The molecule has 1 aliphatic rings. The Kier molecular flexibility index (Phi) is 8.10. The molecule has 4 amide bonds. The third-order valence-electron chi connectivity index (χ3n) is 3.99. The minimum absolute atomic E-state index is 0.127. The summed E-state index contributed by atoms with van der Waals surface area (Å²) in [5, 5.41) is 8.03. The van der Waals surface area contributed by atoms with Gasteiger partial charge in [-0.15, -0.1) is 0 Å². The Hall–Kier alpha value is -2.29. The number of hydrogen-bond acceptors (Lipinski definition) is 3. The lowest BCUT2D eigenvalue weighted by molar-refractivity contribution is 0.147. The van der Waals surface area contributed by atoms with Gasteiger partial charge < -0.3 is 20.3 Å². The molecule has 0 atom stereocenters. The molecule has 1 heterocycles. The van der Waals surface area contributed by atoms with E-state index in [1.54, 1.807) is 11.0 Å². The summed E-state index contributed by atoms with van der Waals surface area (Å²) >= 11 is 3.46. The van der Waals surface area contributed by atoms with Crippen molar-refractivity contribution in [3.63, 3.8) is 0 Å². The van der Waals surface area contributed by atoms with E-state index in [-0.39, 0.29) is 25.2 Å². The highest BCUT2D eigenvalue weighted by atomic mass is 79.9. The molecule has 1 aromatic carbocycles. The SMILES string of the molecule is CCNC(=O)NCc1cc(F)ccc1COC1=C(Br)CN(CC(C)C)C(=O)N1. The number of hydrogen-bond donors (Lipinski definition) is 3. The number of ether oxygens (including phenoxy) is 1. The van der Waals surface area contributed by atoms with E-state index in [0.717, 1.165) is 4.48 Å². The Morgan fingerprint density at radius 3 is 2.79 bits per heavy atom. The number of nitrogens with one attached hydrogen (secondary N) is 3. The van der Waals surface area contributed by atoms with Crippen LogP contribution in [0.1, 0.15) is 31.9 Å². The summed E-state index contributed by atoms with van der Waals surface area (Å²) in [5.74, 6) is 0.303. The lowest BCUT2D eigenvalue weighted by Gasteiger charge is -2.30. The van der Waals surface area contributed by atoms with Crippen LogP contribution >= 0.6 is 15.9 Å². The summed E-state index contributed by atoms with van der Waals surface area (Å²) in [6.07, 6.45) is 0. The van der Waals surface area contributed by atoms with Crippen LogP contribution in [0.3, 0.4) is 0 Å². The van der Waals surface area contributed by atoms with Crippen molar-refractivity contribution >= 4 is 28.0 Å². The van der Waals surface area contributed by atoms with Gasteiger partial charge in [-0.1, -0.05) is 19.9 Å². The van der Waals surface area contributed by atoms with Crippen LogP contribution in [0.25, 0.3) is 0 Å². The van der Waals surface area contributed by atoms with Gasteiger partial charge in [0.15, 0.2) is 0 Å². The smallest absolute Gasteiger partial charge is 0.324 e. The highest BCUT2D eigenvalue weighted by molar-refractivity contribution is 9.11. The van der Waals surface area contributed by atoms with Crippen LogP contribution in [-0.4, -0.2) is 36.6 Å². The summed E-state index contributed by atoms with van der Waals surface area (Å²) in [7, 11) is 0. The number of rotatable bonds is 8. The highest BCUT2D eigenvalue weighted by Gasteiger charge is 2.25. The van der Waals surface area contributed by atoms with Crippen molar-refractivity contribution in [1.82, 2.24) is 20.9 Å². The van der Waals surface area contributed by atoms with E-state index in [1.807, 2.05) is 20.8 Å². The summed E-state index contributed by atoms with van der Waals surface area (Å²) in [6, 6.07) is 3.76. The zero-order chi connectivity index (χ0) is 20.7. The van der Waals surface area contributed by atoms with Crippen molar-refractivity contribution in [3.8, 4) is 0 Å². The van der Waals surface area contributed by atoms with Crippen molar-refractivity contribution in [1.29, 1.82) is 0 Å². The molecule has 0 aromatic heterocycles. The number of nitrogens with zero attached hydrogens (tertiary/aromatic N) is 1. The average Bonchev–Trinajstić information content (AvgIpc) is 2.62. The van der Waals surface area contributed by atoms with Gasteiger partial charge in [0.2, 0.25) is 5.88 Å². The molecule has 0 bridgehead atoms. The molecule has 2 rings (SSSR count). The van der Waals surface area contributed by atoms with Gasteiger partial charge in [-0.2, -0.15) is 0 Å².